The predicted molar refractivity (Wildman–Crippen MR) is 87.4 cm³/mol. The van der Waals surface area contributed by atoms with Gasteiger partial charge in [0.25, 0.3) is 0 Å². The monoisotopic (exact) mass is 326 g/mol. The van der Waals surface area contributed by atoms with Gasteiger partial charge in [-0.05, 0) is 37.0 Å². The quantitative estimate of drug-likeness (QED) is 0.913. The average molecular weight is 327 g/mol. The van der Waals surface area contributed by atoms with E-state index in [0.29, 0.717) is 18.4 Å². The summed E-state index contributed by atoms with van der Waals surface area (Å²) >= 11 is 5.85. The van der Waals surface area contributed by atoms with Crippen molar-refractivity contribution in [3.63, 3.8) is 0 Å². The predicted octanol–water partition coefficient (Wildman–Crippen LogP) is 3.78. The fourth-order valence-electron chi connectivity index (χ4n) is 3.04. The molecule has 2 rings (SSSR count). The zero-order valence-electron chi connectivity index (χ0n) is 13.4. The van der Waals surface area contributed by atoms with Crippen LogP contribution in [0.15, 0.2) is 18.2 Å². The van der Waals surface area contributed by atoms with Crippen molar-refractivity contribution in [2.75, 3.05) is 13.1 Å². The van der Waals surface area contributed by atoms with E-state index in [2.05, 4.69) is 19.2 Å². The van der Waals surface area contributed by atoms with Crippen LogP contribution in [-0.2, 0) is 4.79 Å². The molecule has 1 amide bonds. The van der Waals surface area contributed by atoms with Gasteiger partial charge in [-0.3, -0.25) is 4.79 Å². The summed E-state index contributed by atoms with van der Waals surface area (Å²) in [6.45, 7) is 7.71. The third-order valence-corrected chi connectivity index (χ3v) is 4.76. The average Bonchev–Trinajstić information content (AvgIpc) is 2.51. The van der Waals surface area contributed by atoms with Crippen LogP contribution in [0.1, 0.15) is 45.2 Å². The van der Waals surface area contributed by atoms with E-state index in [4.69, 9.17) is 11.6 Å². The van der Waals surface area contributed by atoms with E-state index in [-0.39, 0.29) is 17.0 Å². The second-order valence-electron chi connectivity index (χ2n) is 6.13. The molecule has 0 aromatic heterocycles. The highest BCUT2D eigenvalue weighted by atomic mass is 35.5. The molecule has 0 aliphatic carbocycles. The maximum absolute atomic E-state index is 13.2. The van der Waals surface area contributed by atoms with Crippen LogP contribution in [0.4, 0.5) is 4.39 Å². The number of carbonyl (C=O) groups is 1. The number of benzene rings is 1. The van der Waals surface area contributed by atoms with Crippen LogP contribution in [-0.4, -0.2) is 29.9 Å². The highest BCUT2D eigenvalue weighted by Gasteiger charge is 2.28. The summed E-state index contributed by atoms with van der Waals surface area (Å²) in [5.74, 6) is 0.226. The number of nitrogens with one attached hydrogen (secondary N) is 1. The van der Waals surface area contributed by atoms with Gasteiger partial charge in [-0.2, -0.15) is 0 Å². The van der Waals surface area contributed by atoms with Gasteiger partial charge in [0.15, 0.2) is 0 Å². The lowest BCUT2D eigenvalue weighted by atomic mass is 9.92. The molecular weight excluding hydrogens is 303 g/mol. The van der Waals surface area contributed by atoms with Crippen molar-refractivity contribution in [1.29, 1.82) is 0 Å². The third-order valence-electron chi connectivity index (χ3n) is 4.47. The Bertz CT molecular complexity index is 537. The van der Waals surface area contributed by atoms with Crippen molar-refractivity contribution in [2.45, 2.75) is 45.7 Å². The topological polar surface area (TPSA) is 32.3 Å². The molecule has 1 fully saturated rings. The van der Waals surface area contributed by atoms with E-state index in [1.165, 1.54) is 6.07 Å². The van der Waals surface area contributed by atoms with Gasteiger partial charge in [0.05, 0.1) is 5.02 Å². The van der Waals surface area contributed by atoms with E-state index in [0.717, 1.165) is 25.1 Å². The van der Waals surface area contributed by atoms with Crippen LogP contribution < -0.4 is 5.32 Å². The van der Waals surface area contributed by atoms with Crippen molar-refractivity contribution < 1.29 is 9.18 Å². The first-order valence-electron chi connectivity index (χ1n) is 7.91. The largest absolute Gasteiger partial charge is 0.342 e. The zero-order chi connectivity index (χ0) is 16.3. The minimum atomic E-state index is -0.391. The number of carbonyl (C=O) groups excluding carboxylic acids is 1. The number of hydrogen-bond acceptors (Lipinski definition) is 2. The Balaban J connectivity index is 1.96. The molecule has 3 atom stereocenters. The van der Waals surface area contributed by atoms with Crippen LogP contribution in [0.3, 0.4) is 0 Å². The van der Waals surface area contributed by atoms with Crippen LogP contribution in [0, 0.1) is 11.7 Å². The molecule has 5 heteroatoms. The Morgan fingerprint density at radius 3 is 2.86 bits per heavy atom. The number of halogens is 2. The van der Waals surface area contributed by atoms with Crippen molar-refractivity contribution in [3.8, 4) is 0 Å². The molecule has 1 aliphatic heterocycles. The van der Waals surface area contributed by atoms with Gasteiger partial charge in [-0.1, -0.05) is 31.5 Å². The summed E-state index contributed by atoms with van der Waals surface area (Å²) < 4.78 is 13.2. The van der Waals surface area contributed by atoms with Gasteiger partial charge >= 0.3 is 0 Å². The van der Waals surface area contributed by atoms with Gasteiger partial charge in [0.2, 0.25) is 5.91 Å². The lowest BCUT2D eigenvalue weighted by Gasteiger charge is -2.38. The Labute approximate surface area is 136 Å². The Morgan fingerprint density at radius 1 is 1.55 bits per heavy atom. The Hall–Kier alpha value is -1.13. The first-order chi connectivity index (χ1) is 10.4. The molecule has 1 saturated heterocycles. The normalized spacial score (nSPS) is 23.4. The summed E-state index contributed by atoms with van der Waals surface area (Å²) in [6.07, 6.45) is 1.50. The Kier molecular flexibility index (Phi) is 5.81. The first-order valence-corrected chi connectivity index (χ1v) is 8.29. The second-order valence-corrected chi connectivity index (χ2v) is 6.53. The summed E-state index contributed by atoms with van der Waals surface area (Å²) in [5, 5.41) is 3.75. The number of likely N-dealkylation sites (tertiary alicyclic amines) is 1. The maximum atomic E-state index is 13.2. The molecule has 1 aliphatic rings. The molecule has 122 valence electrons. The van der Waals surface area contributed by atoms with Crippen LogP contribution in [0.5, 0.6) is 0 Å². The standard InChI is InChI=1S/C17H24ClFN2O/c1-4-17(22)21-8-7-16(11(2)10-21)20-12(3)13-5-6-15(19)14(18)9-13/h5-6,9,11-12,16,20H,4,7-8,10H2,1-3H3/t11-,12+,16-/m0/s1. The SMILES string of the molecule is CCC(=O)N1CC[C@H](N[C@H](C)c2ccc(F)c(Cl)c2)[C@@H](C)C1. The minimum Gasteiger partial charge on any atom is -0.342 e. The number of piperidine rings is 1. The van der Waals surface area contributed by atoms with E-state index < -0.39 is 5.82 Å². The van der Waals surface area contributed by atoms with Gasteiger partial charge in [0.1, 0.15) is 5.82 Å². The molecule has 0 spiro atoms. The van der Waals surface area contributed by atoms with Crippen LogP contribution in [0.25, 0.3) is 0 Å². The lowest BCUT2D eigenvalue weighted by molar-refractivity contribution is -0.132. The van der Waals surface area contributed by atoms with Crippen molar-refractivity contribution >= 4 is 17.5 Å². The lowest BCUT2D eigenvalue weighted by Crippen LogP contribution is -2.50. The maximum Gasteiger partial charge on any atom is 0.222 e. The number of amides is 1. The highest BCUT2D eigenvalue weighted by molar-refractivity contribution is 6.30. The molecule has 1 aromatic rings. The summed E-state index contributed by atoms with van der Waals surface area (Å²) in [5.41, 5.74) is 0.977. The number of nitrogens with zero attached hydrogens (tertiary/aromatic N) is 1. The van der Waals surface area contributed by atoms with Crippen LogP contribution in [0.2, 0.25) is 5.02 Å². The molecule has 1 N–H and O–H groups in total. The molecule has 1 heterocycles. The van der Waals surface area contributed by atoms with E-state index in [9.17, 15) is 9.18 Å². The summed E-state index contributed by atoms with van der Waals surface area (Å²) in [7, 11) is 0. The van der Waals surface area contributed by atoms with Crippen molar-refractivity contribution in [3.05, 3.63) is 34.6 Å². The Morgan fingerprint density at radius 2 is 2.27 bits per heavy atom. The number of hydrogen-bond donors (Lipinski definition) is 1. The fraction of sp³-hybridized carbons (Fsp3) is 0.588. The summed E-state index contributed by atoms with van der Waals surface area (Å²) in [4.78, 5) is 13.7. The van der Waals surface area contributed by atoms with Gasteiger partial charge < -0.3 is 10.2 Å². The van der Waals surface area contributed by atoms with Gasteiger partial charge in [-0.25, -0.2) is 4.39 Å². The van der Waals surface area contributed by atoms with Crippen molar-refractivity contribution in [1.82, 2.24) is 10.2 Å². The van der Waals surface area contributed by atoms with Crippen molar-refractivity contribution in [2.24, 2.45) is 5.92 Å². The minimum absolute atomic E-state index is 0.0963. The molecular formula is C17H24ClFN2O. The smallest absolute Gasteiger partial charge is 0.222 e. The van der Waals surface area contributed by atoms with Gasteiger partial charge in [-0.15, -0.1) is 0 Å². The molecule has 0 unspecified atom stereocenters. The molecule has 0 saturated carbocycles. The van der Waals surface area contributed by atoms with E-state index >= 15 is 0 Å². The first kappa shape index (κ1) is 17.2. The third kappa shape index (κ3) is 3.99. The summed E-state index contributed by atoms with van der Waals surface area (Å²) in [6, 6.07) is 5.29. The molecule has 0 radical (unpaired) electrons. The zero-order valence-corrected chi connectivity index (χ0v) is 14.2. The molecule has 1 aromatic carbocycles. The van der Waals surface area contributed by atoms with Gasteiger partial charge in [0, 0.05) is 31.6 Å². The fourth-order valence-corrected chi connectivity index (χ4v) is 3.23. The highest BCUT2D eigenvalue weighted by Crippen LogP contribution is 2.24. The van der Waals surface area contributed by atoms with Crippen LogP contribution >= 0.6 is 11.6 Å². The van der Waals surface area contributed by atoms with E-state index in [1.54, 1.807) is 12.1 Å². The molecule has 3 nitrogen and oxygen atoms in total. The second kappa shape index (κ2) is 7.42. The molecule has 0 bridgehead atoms. The van der Waals surface area contributed by atoms with E-state index in [1.807, 2.05) is 11.8 Å². The number of rotatable bonds is 4. The molecule has 22 heavy (non-hydrogen) atoms.